The Morgan fingerprint density at radius 2 is 1.82 bits per heavy atom. The minimum atomic E-state index is -5.16. The van der Waals surface area contributed by atoms with Crippen molar-refractivity contribution in [3.05, 3.63) is 6.92 Å². The molecule has 0 heterocycles. The number of hydrogen-bond donors (Lipinski definition) is 0. The minimum absolute atomic E-state index is 0.499. The van der Waals surface area contributed by atoms with Crippen molar-refractivity contribution in [2.75, 3.05) is 6.61 Å². The van der Waals surface area contributed by atoms with Gasteiger partial charge in [-0.25, -0.2) is 4.79 Å². The zero-order valence-electron chi connectivity index (χ0n) is 5.27. The number of Topliss-reactive ketones (excluding diaryl/α,β-unsaturated/α-hetero) is 1. The number of hydrogen-bond acceptors (Lipinski definition) is 3. The monoisotopic (exact) mass is 169 g/mol. The van der Waals surface area contributed by atoms with E-state index in [0.29, 0.717) is 0 Å². The number of esters is 1. The van der Waals surface area contributed by atoms with Gasteiger partial charge in [0.05, 0.1) is 0 Å². The average molecular weight is 169 g/mol. The predicted molar refractivity (Wildman–Crippen MR) is 27.4 cm³/mol. The Labute approximate surface area is 60.1 Å². The van der Waals surface area contributed by atoms with Gasteiger partial charge in [-0.05, 0) is 0 Å². The van der Waals surface area contributed by atoms with E-state index in [1.807, 2.05) is 0 Å². The third-order valence-corrected chi connectivity index (χ3v) is 0.676. The molecule has 0 fully saturated rings. The Kier molecular flexibility index (Phi) is 2.91. The van der Waals surface area contributed by atoms with Crippen LogP contribution in [0.15, 0.2) is 0 Å². The van der Waals surface area contributed by atoms with Gasteiger partial charge in [0.1, 0.15) is 6.92 Å². The van der Waals surface area contributed by atoms with Gasteiger partial charge in [0.25, 0.3) is 0 Å². The van der Waals surface area contributed by atoms with Gasteiger partial charge >= 0.3 is 17.9 Å². The van der Waals surface area contributed by atoms with Crippen LogP contribution in [0.4, 0.5) is 13.2 Å². The summed E-state index contributed by atoms with van der Waals surface area (Å²) < 4.78 is 37.8. The first-order valence-electron chi connectivity index (χ1n) is 2.47. The van der Waals surface area contributed by atoms with E-state index >= 15 is 0 Å². The van der Waals surface area contributed by atoms with Crippen molar-refractivity contribution < 1.29 is 27.5 Å². The van der Waals surface area contributed by atoms with Crippen molar-refractivity contribution in [3.63, 3.8) is 0 Å². The summed E-state index contributed by atoms with van der Waals surface area (Å²) in [6.07, 6.45) is -5.16. The smallest absolute Gasteiger partial charge is 0.417 e. The third-order valence-electron chi connectivity index (χ3n) is 0.676. The van der Waals surface area contributed by atoms with E-state index in [0.717, 1.165) is 0 Å². The van der Waals surface area contributed by atoms with E-state index in [4.69, 9.17) is 0 Å². The summed E-state index contributed by atoms with van der Waals surface area (Å²) in [6, 6.07) is 0. The molecule has 0 amide bonds. The minimum Gasteiger partial charge on any atom is -0.417 e. The normalized spacial score (nSPS) is 10.8. The standard InChI is InChI=1S/C5H4F3O3/c1-2-11-4(10)3(9)5(6,7)8/h1-2H2/q+1. The van der Waals surface area contributed by atoms with Gasteiger partial charge in [-0.15, -0.1) is 0 Å². The van der Waals surface area contributed by atoms with Crippen LogP contribution in [-0.4, -0.2) is 24.5 Å². The summed E-state index contributed by atoms with van der Waals surface area (Å²) in [5.41, 5.74) is 0. The van der Waals surface area contributed by atoms with Crippen LogP contribution >= 0.6 is 0 Å². The zero-order valence-corrected chi connectivity index (χ0v) is 5.27. The first-order valence-corrected chi connectivity index (χ1v) is 2.47. The average Bonchev–Trinajstić information content (AvgIpc) is 1.85. The van der Waals surface area contributed by atoms with Crippen LogP contribution in [0.3, 0.4) is 0 Å². The number of rotatable bonds is 2. The van der Waals surface area contributed by atoms with Crippen molar-refractivity contribution in [1.29, 1.82) is 0 Å². The summed E-state index contributed by atoms with van der Waals surface area (Å²) in [4.78, 5) is 20.0. The van der Waals surface area contributed by atoms with Gasteiger partial charge in [0.15, 0.2) is 0 Å². The maximum Gasteiger partial charge on any atom is 0.461 e. The maximum atomic E-state index is 11.4. The number of ether oxygens (including phenoxy) is 1. The third kappa shape index (κ3) is 2.92. The van der Waals surface area contributed by atoms with Crippen molar-refractivity contribution >= 4 is 11.8 Å². The Bertz CT molecular complexity index is 172. The first kappa shape index (κ1) is 9.80. The Balaban J connectivity index is 4.15. The van der Waals surface area contributed by atoms with Gasteiger partial charge in [0, 0.05) is 0 Å². The molecule has 0 saturated carbocycles. The molecule has 0 atom stereocenters. The summed E-state index contributed by atoms with van der Waals surface area (Å²) >= 11 is 0. The molecule has 0 bridgehead atoms. The topological polar surface area (TPSA) is 43.4 Å². The first-order chi connectivity index (χ1) is 4.89. The maximum absolute atomic E-state index is 11.4. The quantitative estimate of drug-likeness (QED) is 0.343. The van der Waals surface area contributed by atoms with Crippen molar-refractivity contribution in [3.8, 4) is 0 Å². The van der Waals surface area contributed by atoms with Crippen LogP contribution in [0.5, 0.6) is 0 Å². The molecule has 0 radical (unpaired) electrons. The van der Waals surface area contributed by atoms with E-state index < -0.39 is 24.5 Å². The van der Waals surface area contributed by atoms with Gasteiger partial charge < -0.3 is 4.74 Å². The van der Waals surface area contributed by atoms with Crippen LogP contribution in [0.2, 0.25) is 0 Å². The molecular formula is C5H4F3O3+. The van der Waals surface area contributed by atoms with Crippen LogP contribution in [0, 0.1) is 6.92 Å². The second kappa shape index (κ2) is 3.27. The second-order valence-electron chi connectivity index (χ2n) is 1.46. The van der Waals surface area contributed by atoms with E-state index in [1.54, 1.807) is 0 Å². The molecule has 0 aromatic heterocycles. The molecule has 0 N–H and O–H groups in total. The second-order valence-corrected chi connectivity index (χ2v) is 1.46. The van der Waals surface area contributed by atoms with Crippen LogP contribution in [-0.2, 0) is 14.3 Å². The number of carbonyl (C=O) groups is 2. The summed E-state index contributed by atoms with van der Waals surface area (Å²) in [5, 5.41) is 0. The molecule has 0 aliphatic carbocycles. The Morgan fingerprint density at radius 1 is 1.36 bits per heavy atom. The van der Waals surface area contributed by atoms with Crippen LogP contribution < -0.4 is 0 Å². The van der Waals surface area contributed by atoms with E-state index in [-0.39, 0.29) is 0 Å². The molecule has 0 saturated heterocycles. The molecule has 62 valence electrons. The molecule has 0 aliphatic rings. The fraction of sp³-hybridized carbons (Fsp3) is 0.400. The van der Waals surface area contributed by atoms with Crippen molar-refractivity contribution in [2.45, 2.75) is 6.18 Å². The van der Waals surface area contributed by atoms with Gasteiger partial charge in [-0.3, -0.25) is 4.79 Å². The van der Waals surface area contributed by atoms with Crippen molar-refractivity contribution in [2.24, 2.45) is 0 Å². The highest BCUT2D eigenvalue weighted by molar-refractivity contribution is 6.35. The SMILES string of the molecule is [CH2+]COC(=O)C(=O)C(F)(F)F. The molecule has 0 aliphatic heterocycles. The van der Waals surface area contributed by atoms with Gasteiger partial charge in [-0.1, -0.05) is 0 Å². The molecule has 0 unspecified atom stereocenters. The lowest BCUT2D eigenvalue weighted by molar-refractivity contribution is -0.183. The highest BCUT2D eigenvalue weighted by Crippen LogP contribution is 2.16. The van der Waals surface area contributed by atoms with E-state index in [9.17, 15) is 22.8 Å². The number of halogens is 3. The fourth-order valence-corrected chi connectivity index (χ4v) is 0.274. The number of ketones is 1. The molecular weight excluding hydrogens is 165 g/mol. The highest BCUT2D eigenvalue weighted by Gasteiger charge is 2.44. The molecule has 0 aromatic carbocycles. The van der Waals surface area contributed by atoms with Crippen LogP contribution in [0.1, 0.15) is 0 Å². The molecule has 0 rings (SSSR count). The summed E-state index contributed by atoms with van der Waals surface area (Å²) in [5.74, 6) is -4.44. The molecule has 0 spiro atoms. The highest BCUT2D eigenvalue weighted by atomic mass is 19.4. The fourth-order valence-electron chi connectivity index (χ4n) is 0.274. The van der Waals surface area contributed by atoms with Crippen LogP contribution in [0.25, 0.3) is 0 Å². The summed E-state index contributed by atoms with van der Waals surface area (Å²) in [7, 11) is 0. The zero-order chi connectivity index (χ0) is 9.07. The largest absolute Gasteiger partial charge is 0.461 e. The lowest BCUT2D eigenvalue weighted by Crippen LogP contribution is -2.32. The lowest BCUT2D eigenvalue weighted by atomic mass is 10.4. The van der Waals surface area contributed by atoms with Gasteiger partial charge in [-0.2, -0.15) is 13.2 Å². The number of alkyl halides is 3. The summed E-state index contributed by atoms with van der Waals surface area (Å²) in [6.45, 7) is 2.43. The molecule has 3 nitrogen and oxygen atoms in total. The number of carbonyl (C=O) groups excluding carboxylic acids is 2. The van der Waals surface area contributed by atoms with Gasteiger partial charge in [0.2, 0.25) is 6.61 Å². The Morgan fingerprint density at radius 3 is 2.09 bits per heavy atom. The van der Waals surface area contributed by atoms with E-state index in [2.05, 4.69) is 11.7 Å². The van der Waals surface area contributed by atoms with Crippen molar-refractivity contribution in [1.82, 2.24) is 0 Å². The molecule has 0 aromatic rings. The Hall–Kier alpha value is -1.20. The lowest BCUT2D eigenvalue weighted by Gasteiger charge is -2.01. The molecule has 11 heavy (non-hydrogen) atoms. The van der Waals surface area contributed by atoms with E-state index in [1.165, 1.54) is 0 Å². The molecule has 6 heteroatoms. The predicted octanol–water partition coefficient (Wildman–Crippen LogP) is 0.495.